The van der Waals surface area contributed by atoms with E-state index in [1.807, 2.05) is 6.08 Å². The molecule has 0 radical (unpaired) electrons. The minimum atomic E-state index is -0.247. The molecule has 62 valence electrons. The highest BCUT2D eigenvalue weighted by atomic mass is 16.6. The fourth-order valence-electron chi connectivity index (χ4n) is 0.918. The molecule has 1 rings (SSSR count). The van der Waals surface area contributed by atoms with E-state index in [2.05, 4.69) is 0 Å². The van der Waals surface area contributed by atoms with Crippen molar-refractivity contribution in [2.45, 2.75) is 25.9 Å². The summed E-state index contributed by atoms with van der Waals surface area (Å²) in [4.78, 5) is 10.4. The summed E-state index contributed by atoms with van der Waals surface area (Å²) in [5.41, 5.74) is 0. The summed E-state index contributed by atoms with van der Waals surface area (Å²) < 4.78 is 9.95. The molecule has 0 spiro atoms. The Bertz CT molecular complexity index is 163. The first-order valence-electron chi connectivity index (χ1n) is 3.73. The quantitative estimate of drug-likeness (QED) is 0.564. The molecule has 0 bridgehead atoms. The smallest absolute Gasteiger partial charge is 0.302 e. The number of ether oxygens (including phenoxy) is 2. The van der Waals surface area contributed by atoms with E-state index in [0.717, 1.165) is 12.8 Å². The minimum Gasteiger partial charge on any atom is -0.495 e. The molecule has 0 aromatic carbocycles. The van der Waals surface area contributed by atoms with Crippen molar-refractivity contribution in [2.75, 3.05) is 6.61 Å². The van der Waals surface area contributed by atoms with E-state index in [1.165, 1.54) is 6.92 Å². The number of allylic oxidation sites excluding steroid dienone is 1. The molecule has 1 aliphatic heterocycles. The Balaban J connectivity index is 2.16. The summed E-state index contributed by atoms with van der Waals surface area (Å²) >= 11 is 0. The number of esters is 1. The van der Waals surface area contributed by atoms with E-state index in [1.54, 1.807) is 6.26 Å². The van der Waals surface area contributed by atoms with E-state index >= 15 is 0 Å². The maximum Gasteiger partial charge on any atom is 0.302 e. The van der Waals surface area contributed by atoms with Crippen molar-refractivity contribution in [3.63, 3.8) is 0 Å². The number of carbonyl (C=O) groups excluding carboxylic acids is 1. The highest BCUT2D eigenvalue weighted by Gasteiger charge is 2.11. The van der Waals surface area contributed by atoms with Gasteiger partial charge < -0.3 is 9.47 Å². The van der Waals surface area contributed by atoms with E-state index in [4.69, 9.17) is 9.47 Å². The molecule has 0 amide bonds. The lowest BCUT2D eigenvalue weighted by Crippen LogP contribution is -2.20. The van der Waals surface area contributed by atoms with E-state index in [0.29, 0.717) is 6.61 Å². The van der Waals surface area contributed by atoms with Crippen LogP contribution >= 0.6 is 0 Å². The molecule has 0 aromatic heterocycles. The SMILES string of the molecule is CC(=O)OCC1CCC=CO1. The standard InChI is InChI=1S/C8H12O3/c1-7(9)11-6-8-4-2-3-5-10-8/h3,5,8H,2,4,6H2,1H3. The first-order chi connectivity index (χ1) is 5.29. The Morgan fingerprint density at radius 3 is 3.18 bits per heavy atom. The third-order valence-electron chi connectivity index (χ3n) is 1.50. The van der Waals surface area contributed by atoms with Crippen LogP contribution in [0.1, 0.15) is 19.8 Å². The lowest BCUT2D eigenvalue weighted by Gasteiger charge is -2.18. The van der Waals surface area contributed by atoms with Crippen LogP contribution in [0.4, 0.5) is 0 Å². The average Bonchev–Trinajstić information content (AvgIpc) is 2.03. The monoisotopic (exact) mass is 156 g/mol. The molecule has 11 heavy (non-hydrogen) atoms. The van der Waals surface area contributed by atoms with Crippen molar-refractivity contribution in [3.05, 3.63) is 12.3 Å². The van der Waals surface area contributed by atoms with Crippen LogP contribution in [0.25, 0.3) is 0 Å². The molecule has 1 aliphatic rings. The predicted molar refractivity (Wildman–Crippen MR) is 39.9 cm³/mol. The second-order valence-electron chi connectivity index (χ2n) is 2.51. The predicted octanol–water partition coefficient (Wildman–Crippen LogP) is 1.24. The summed E-state index contributed by atoms with van der Waals surface area (Å²) in [6.07, 6.45) is 5.63. The van der Waals surface area contributed by atoms with Crippen molar-refractivity contribution in [1.29, 1.82) is 0 Å². The highest BCUT2D eigenvalue weighted by molar-refractivity contribution is 5.65. The van der Waals surface area contributed by atoms with Gasteiger partial charge in [-0.15, -0.1) is 0 Å². The molecule has 0 fully saturated rings. The topological polar surface area (TPSA) is 35.5 Å². The first kappa shape index (κ1) is 8.11. The van der Waals surface area contributed by atoms with Gasteiger partial charge in [0.05, 0.1) is 6.26 Å². The van der Waals surface area contributed by atoms with Gasteiger partial charge >= 0.3 is 5.97 Å². The summed E-state index contributed by atoms with van der Waals surface area (Å²) in [6, 6.07) is 0. The van der Waals surface area contributed by atoms with E-state index in [9.17, 15) is 4.79 Å². The fraction of sp³-hybridized carbons (Fsp3) is 0.625. The maximum absolute atomic E-state index is 10.4. The molecule has 0 aliphatic carbocycles. The Morgan fingerprint density at radius 2 is 2.64 bits per heavy atom. The molecule has 3 nitrogen and oxygen atoms in total. The Hall–Kier alpha value is -0.990. The zero-order chi connectivity index (χ0) is 8.10. The molecule has 3 heteroatoms. The van der Waals surface area contributed by atoms with Gasteiger partial charge in [-0.3, -0.25) is 4.79 Å². The Morgan fingerprint density at radius 1 is 1.82 bits per heavy atom. The lowest BCUT2D eigenvalue weighted by atomic mass is 10.2. The van der Waals surface area contributed by atoms with Gasteiger partial charge in [0, 0.05) is 6.92 Å². The molecule has 0 N–H and O–H groups in total. The van der Waals surface area contributed by atoms with Crippen LogP contribution in [0, 0.1) is 0 Å². The molecule has 0 saturated heterocycles. The van der Waals surface area contributed by atoms with Crippen molar-refractivity contribution >= 4 is 5.97 Å². The number of rotatable bonds is 2. The second kappa shape index (κ2) is 4.01. The number of hydrogen-bond donors (Lipinski definition) is 0. The van der Waals surface area contributed by atoms with Crippen LogP contribution in [0.2, 0.25) is 0 Å². The second-order valence-corrected chi connectivity index (χ2v) is 2.51. The summed E-state index contributed by atoms with van der Waals surface area (Å²) in [5, 5.41) is 0. The van der Waals surface area contributed by atoms with Gasteiger partial charge in [0.15, 0.2) is 0 Å². The van der Waals surface area contributed by atoms with Crippen LogP contribution in [-0.2, 0) is 14.3 Å². The molecule has 1 unspecified atom stereocenters. The number of carbonyl (C=O) groups is 1. The van der Waals surface area contributed by atoms with Crippen molar-refractivity contribution in [2.24, 2.45) is 0 Å². The zero-order valence-electron chi connectivity index (χ0n) is 6.58. The van der Waals surface area contributed by atoms with Crippen LogP contribution < -0.4 is 0 Å². The van der Waals surface area contributed by atoms with Gasteiger partial charge in [0.1, 0.15) is 12.7 Å². The third-order valence-corrected chi connectivity index (χ3v) is 1.50. The minimum absolute atomic E-state index is 0.0592. The van der Waals surface area contributed by atoms with Crippen LogP contribution in [0.3, 0.4) is 0 Å². The van der Waals surface area contributed by atoms with Gasteiger partial charge in [-0.2, -0.15) is 0 Å². The van der Waals surface area contributed by atoms with Gasteiger partial charge in [0.2, 0.25) is 0 Å². The lowest BCUT2D eigenvalue weighted by molar-refractivity contribution is -0.144. The number of hydrogen-bond acceptors (Lipinski definition) is 3. The summed E-state index contributed by atoms with van der Waals surface area (Å²) in [5.74, 6) is -0.247. The Labute approximate surface area is 66.0 Å². The van der Waals surface area contributed by atoms with Gasteiger partial charge in [0.25, 0.3) is 0 Å². The molecule has 1 atom stereocenters. The molecule has 0 saturated carbocycles. The van der Waals surface area contributed by atoms with Gasteiger partial charge in [-0.05, 0) is 18.9 Å². The van der Waals surface area contributed by atoms with E-state index < -0.39 is 0 Å². The molecule has 0 aromatic rings. The molecule has 1 heterocycles. The zero-order valence-corrected chi connectivity index (χ0v) is 6.58. The first-order valence-corrected chi connectivity index (χ1v) is 3.73. The van der Waals surface area contributed by atoms with Crippen LogP contribution in [0.15, 0.2) is 12.3 Å². The largest absolute Gasteiger partial charge is 0.495 e. The van der Waals surface area contributed by atoms with Crippen LogP contribution in [0.5, 0.6) is 0 Å². The summed E-state index contributed by atoms with van der Waals surface area (Å²) in [6.45, 7) is 1.78. The normalized spacial score (nSPS) is 22.5. The highest BCUT2D eigenvalue weighted by Crippen LogP contribution is 2.09. The van der Waals surface area contributed by atoms with Crippen molar-refractivity contribution in [3.8, 4) is 0 Å². The molecular weight excluding hydrogens is 144 g/mol. The van der Waals surface area contributed by atoms with Crippen LogP contribution in [-0.4, -0.2) is 18.7 Å². The Kier molecular flexibility index (Phi) is 2.95. The van der Waals surface area contributed by atoms with Gasteiger partial charge in [-0.1, -0.05) is 0 Å². The van der Waals surface area contributed by atoms with Gasteiger partial charge in [-0.25, -0.2) is 0 Å². The molecular formula is C8H12O3. The maximum atomic E-state index is 10.4. The third kappa shape index (κ3) is 3.07. The van der Waals surface area contributed by atoms with Crippen molar-refractivity contribution in [1.82, 2.24) is 0 Å². The van der Waals surface area contributed by atoms with E-state index in [-0.39, 0.29) is 12.1 Å². The average molecular weight is 156 g/mol. The van der Waals surface area contributed by atoms with Crippen molar-refractivity contribution < 1.29 is 14.3 Å². The summed E-state index contributed by atoms with van der Waals surface area (Å²) in [7, 11) is 0. The fourth-order valence-corrected chi connectivity index (χ4v) is 0.918.